The summed E-state index contributed by atoms with van der Waals surface area (Å²) in [5.74, 6) is 0.192. The Balaban J connectivity index is 1.93. The highest BCUT2D eigenvalue weighted by Crippen LogP contribution is 2.21. The van der Waals surface area contributed by atoms with Crippen molar-refractivity contribution >= 4 is 23.4 Å². The third kappa shape index (κ3) is 5.34. The summed E-state index contributed by atoms with van der Waals surface area (Å²) in [5.41, 5.74) is 3.71. The van der Waals surface area contributed by atoms with E-state index in [1.54, 1.807) is 7.11 Å². The van der Waals surface area contributed by atoms with Gasteiger partial charge in [-0.1, -0.05) is 23.9 Å². The molecule has 1 amide bonds. The lowest BCUT2D eigenvalue weighted by atomic mass is 10.1. The molecule has 1 aromatic heterocycles. The van der Waals surface area contributed by atoms with Crippen molar-refractivity contribution < 1.29 is 9.53 Å². The number of nitrogens with one attached hydrogen (secondary N) is 1. The van der Waals surface area contributed by atoms with Crippen LogP contribution in [0.4, 0.5) is 5.69 Å². The van der Waals surface area contributed by atoms with Crippen LogP contribution in [-0.2, 0) is 22.5 Å². The molecule has 0 unspecified atom stereocenters. The van der Waals surface area contributed by atoms with Crippen LogP contribution in [0.2, 0.25) is 0 Å². The summed E-state index contributed by atoms with van der Waals surface area (Å²) < 4.78 is 7.22. The molecule has 1 N–H and O–H groups in total. The molecule has 1 heterocycles. The number of thioether (sulfide) groups is 1. The van der Waals surface area contributed by atoms with E-state index in [9.17, 15) is 4.79 Å². The highest BCUT2D eigenvalue weighted by atomic mass is 32.2. The number of benzene rings is 1. The number of rotatable bonds is 8. The molecule has 6 nitrogen and oxygen atoms in total. The van der Waals surface area contributed by atoms with Crippen LogP contribution in [0.25, 0.3) is 0 Å². The van der Waals surface area contributed by atoms with Gasteiger partial charge in [0.05, 0.1) is 30.5 Å². The Morgan fingerprint density at radius 1 is 1.36 bits per heavy atom. The predicted molar refractivity (Wildman–Crippen MR) is 98.7 cm³/mol. The Hall–Kier alpha value is -2.30. The van der Waals surface area contributed by atoms with Gasteiger partial charge in [-0.05, 0) is 31.5 Å². The van der Waals surface area contributed by atoms with Crippen molar-refractivity contribution in [2.75, 3.05) is 24.8 Å². The standard InChI is InChI=1S/C18H22N4O2S/c1-13-14(2)22(10-11-24-3)18(20-13)25-12-17(23)21-16-6-4-15(5-7-16)8-9-19/h4-7H,8,10-12H2,1-3H3,(H,21,23). The summed E-state index contributed by atoms with van der Waals surface area (Å²) in [4.78, 5) is 16.7. The van der Waals surface area contributed by atoms with E-state index in [4.69, 9.17) is 10.00 Å². The van der Waals surface area contributed by atoms with Crippen LogP contribution in [0.1, 0.15) is 17.0 Å². The molecule has 0 radical (unpaired) electrons. The van der Waals surface area contributed by atoms with Crippen molar-refractivity contribution in [3.63, 3.8) is 0 Å². The number of hydrogen-bond donors (Lipinski definition) is 1. The number of methoxy groups -OCH3 is 1. The highest BCUT2D eigenvalue weighted by Gasteiger charge is 2.13. The molecule has 1 aromatic carbocycles. The number of carbonyl (C=O) groups excluding carboxylic acids is 1. The number of anilines is 1. The maximum atomic E-state index is 12.2. The molecule has 132 valence electrons. The minimum Gasteiger partial charge on any atom is -0.383 e. The van der Waals surface area contributed by atoms with Gasteiger partial charge in [0.25, 0.3) is 0 Å². The lowest BCUT2D eigenvalue weighted by Crippen LogP contribution is -2.15. The fourth-order valence-corrected chi connectivity index (χ4v) is 3.22. The number of aryl methyl sites for hydroxylation is 1. The van der Waals surface area contributed by atoms with Gasteiger partial charge in [0, 0.05) is 25.0 Å². The first-order chi connectivity index (χ1) is 12.0. The summed E-state index contributed by atoms with van der Waals surface area (Å²) in [5, 5.41) is 12.4. The fourth-order valence-electron chi connectivity index (χ4n) is 2.30. The SMILES string of the molecule is COCCn1c(SCC(=O)Nc2ccc(CC#N)cc2)nc(C)c1C. The number of amides is 1. The summed E-state index contributed by atoms with van der Waals surface area (Å²) >= 11 is 1.41. The molecule has 0 saturated heterocycles. The van der Waals surface area contributed by atoms with Gasteiger partial charge in [-0.3, -0.25) is 4.79 Å². The largest absolute Gasteiger partial charge is 0.383 e. The summed E-state index contributed by atoms with van der Waals surface area (Å²) in [6.45, 7) is 5.30. The second kappa shape index (κ2) is 9.25. The van der Waals surface area contributed by atoms with Crippen molar-refractivity contribution in [2.24, 2.45) is 0 Å². The number of aromatic nitrogens is 2. The first kappa shape index (κ1) is 19.0. The molecule has 0 bridgehead atoms. The minimum atomic E-state index is -0.0883. The van der Waals surface area contributed by atoms with Crippen molar-refractivity contribution in [1.82, 2.24) is 9.55 Å². The quantitative estimate of drug-likeness (QED) is 0.734. The second-order valence-electron chi connectivity index (χ2n) is 5.58. The summed E-state index contributed by atoms with van der Waals surface area (Å²) in [7, 11) is 1.67. The monoisotopic (exact) mass is 358 g/mol. The average molecular weight is 358 g/mol. The normalized spacial score (nSPS) is 10.5. The zero-order valence-corrected chi connectivity index (χ0v) is 15.5. The first-order valence-electron chi connectivity index (χ1n) is 7.96. The van der Waals surface area contributed by atoms with E-state index in [1.807, 2.05) is 38.1 Å². The number of carbonyl (C=O) groups is 1. The Bertz CT molecular complexity index is 763. The van der Waals surface area contributed by atoms with Crippen molar-refractivity contribution in [3.05, 3.63) is 41.2 Å². The van der Waals surface area contributed by atoms with E-state index in [1.165, 1.54) is 11.8 Å². The molecule has 25 heavy (non-hydrogen) atoms. The second-order valence-corrected chi connectivity index (χ2v) is 6.52. The van der Waals surface area contributed by atoms with Gasteiger partial charge in [0.15, 0.2) is 5.16 Å². The molecule has 0 fully saturated rings. The molecule has 0 aliphatic heterocycles. The summed E-state index contributed by atoms with van der Waals surface area (Å²) in [6, 6.07) is 9.40. The number of imidazole rings is 1. The van der Waals surface area contributed by atoms with E-state index in [0.29, 0.717) is 19.6 Å². The molecule has 7 heteroatoms. The maximum Gasteiger partial charge on any atom is 0.234 e. The van der Waals surface area contributed by atoms with E-state index in [-0.39, 0.29) is 11.7 Å². The summed E-state index contributed by atoms with van der Waals surface area (Å²) in [6.07, 6.45) is 0.368. The molecule has 2 aromatic rings. The molecule has 0 aliphatic rings. The Kier molecular flexibility index (Phi) is 7.04. The van der Waals surface area contributed by atoms with Crippen molar-refractivity contribution in [3.8, 4) is 6.07 Å². The minimum absolute atomic E-state index is 0.0883. The zero-order chi connectivity index (χ0) is 18.2. The van der Waals surface area contributed by atoms with Crippen LogP contribution in [0, 0.1) is 25.2 Å². The van der Waals surface area contributed by atoms with Gasteiger partial charge in [-0.15, -0.1) is 0 Å². The zero-order valence-electron chi connectivity index (χ0n) is 14.7. The predicted octanol–water partition coefficient (Wildman–Crippen LogP) is 2.94. The van der Waals surface area contributed by atoms with Crippen LogP contribution >= 0.6 is 11.8 Å². The third-order valence-electron chi connectivity index (χ3n) is 3.79. The van der Waals surface area contributed by atoms with Gasteiger partial charge in [-0.25, -0.2) is 4.98 Å². The van der Waals surface area contributed by atoms with Crippen LogP contribution in [0.15, 0.2) is 29.4 Å². The van der Waals surface area contributed by atoms with E-state index in [0.717, 1.165) is 27.8 Å². The Morgan fingerprint density at radius 2 is 2.08 bits per heavy atom. The molecule has 0 saturated carbocycles. The van der Waals surface area contributed by atoms with Crippen LogP contribution in [0.3, 0.4) is 0 Å². The molecular formula is C18H22N4O2S. The molecule has 0 atom stereocenters. The number of hydrogen-bond acceptors (Lipinski definition) is 5. The van der Waals surface area contributed by atoms with Gasteiger partial charge >= 0.3 is 0 Å². The van der Waals surface area contributed by atoms with E-state index < -0.39 is 0 Å². The first-order valence-corrected chi connectivity index (χ1v) is 8.95. The lowest BCUT2D eigenvalue weighted by molar-refractivity contribution is -0.113. The number of nitrogens with zero attached hydrogens (tertiary/aromatic N) is 3. The third-order valence-corrected chi connectivity index (χ3v) is 4.77. The van der Waals surface area contributed by atoms with Gasteiger partial charge in [0.2, 0.25) is 5.91 Å². The topological polar surface area (TPSA) is 79.9 Å². The van der Waals surface area contributed by atoms with Gasteiger partial charge in [-0.2, -0.15) is 5.26 Å². The number of nitriles is 1. The number of ether oxygens (including phenoxy) is 1. The molecule has 2 rings (SSSR count). The van der Waals surface area contributed by atoms with Gasteiger partial charge < -0.3 is 14.6 Å². The van der Waals surface area contributed by atoms with Crippen LogP contribution < -0.4 is 5.32 Å². The Morgan fingerprint density at radius 3 is 2.72 bits per heavy atom. The fraction of sp³-hybridized carbons (Fsp3) is 0.389. The van der Waals surface area contributed by atoms with Crippen molar-refractivity contribution in [1.29, 1.82) is 5.26 Å². The highest BCUT2D eigenvalue weighted by molar-refractivity contribution is 7.99. The molecule has 0 spiro atoms. The van der Waals surface area contributed by atoms with Crippen molar-refractivity contribution in [2.45, 2.75) is 32.0 Å². The molecule has 0 aliphatic carbocycles. The van der Waals surface area contributed by atoms with E-state index in [2.05, 4.69) is 20.9 Å². The van der Waals surface area contributed by atoms with Crippen LogP contribution in [0.5, 0.6) is 0 Å². The van der Waals surface area contributed by atoms with E-state index >= 15 is 0 Å². The van der Waals surface area contributed by atoms with Crippen LogP contribution in [-0.4, -0.2) is 34.9 Å². The lowest BCUT2D eigenvalue weighted by Gasteiger charge is -2.09. The maximum absolute atomic E-state index is 12.2. The average Bonchev–Trinajstić information content (AvgIpc) is 2.87. The Labute approximate surface area is 152 Å². The smallest absolute Gasteiger partial charge is 0.234 e. The molecular weight excluding hydrogens is 336 g/mol. The van der Waals surface area contributed by atoms with Gasteiger partial charge in [0.1, 0.15) is 0 Å².